The lowest BCUT2D eigenvalue weighted by atomic mass is 10.2. The highest BCUT2D eigenvalue weighted by Gasteiger charge is 2.12. The van der Waals surface area contributed by atoms with Crippen LogP contribution in [-0.4, -0.2) is 27.1 Å². The molecule has 1 aromatic carbocycles. The van der Waals surface area contributed by atoms with Gasteiger partial charge in [0.2, 0.25) is 0 Å². The minimum Gasteiger partial charge on any atom is -0.506 e. The van der Waals surface area contributed by atoms with Crippen molar-refractivity contribution in [3.05, 3.63) is 53.6 Å². The molecule has 0 aliphatic heterocycles. The minimum atomic E-state index is -1.39. The van der Waals surface area contributed by atoms with Crippen LogP contribution in [0.25, 0.3) is 0 Å². The summed E-state index contributed by atoms with van der Waals surface area (Å²) in [5.74, 6) is -3.12. The van der Waals surface area contributed by atoms with E-state index in [4.69, 9.17) is 5.11 Å². The van der Waals surface area contributed by atoms with Gasteiger partial charge in [0, 0.05) is 11.9 Å². The van der Waals surface area contributed by atoms with E-state index in [0.29, 0.717) is 0 Å². The highest BCUT2D eigenvalue weighted by atomic mass is 19.1. The van der Waals surface area contributed by atoms with Crippen molar-refractivity contribution in [2.45, 2.75) is 0 Å². The van der Waals surface area contributed by atoms with Crippen molar-refractivity contribution < 1.29 is 24.2 Å². The molecule has 102 valence electrons. The number of nitrogens with zero attached hydrogens (tertiary/aromatic N) is 1. The number of halogens is 1. The number of hydrogen-bond donors (Lipinski definition) is 3. The monoisotopic (exact) mass is 276 g/mol. The van der Waals surface area contributed by atoms with Crippen molar-refractivity contribution in [2.75, 3.05) is 5.32 Å². The highest BCUT2D eigenvalue weighted by molar-refractivity contribution is 6.04. The van der Waals surface area contributed by atoms with E-state index in [-0.39, 0.29) is 17.0 Å². The summed E-state index contributed by atoms with van der Waals surface area (Å²) < 4.78 is 13.4. The first-order valence-electron chi connectivity index (χ1n) is 5.45. The smallest absolute Gasteiger partial charge is 0.338 e. The first-order chi connectivity index (χ1) is 9.47. The molecule has 7 heteroatoms. The number of anilines is 1. The van der Waals surface area contributed by atoms with Gasteiger partial charge in [-0.15, -0.1) is 0 Å². The maximum absolute atomic E-state index is 13.4. The number of carboxylic acid groups (broad SMARTS) is 1. The minimum absolute atomic E-state index is 0.0905. The summed E-state index contributed by atoms with van der Waals surface area (Å²) in [5.41, 5.74) is -0.296. The lowest BCUT2D eigenvalue weighted by molar-refractivity contribution is 0.0692. The van der Waals surface area contributed by atoms with E-state index in [2.05, 4.69) is 10.3 Å². The maximum atomic E-state index is 13.4. The number of rotatable bonds is 3. The van der Waals surface area contributed by atoms with E-state index in [1.807, 2.05) is 0 Å². The quantitative estimate of drug-likeness (QED) is 0.794. The van der Waals surface area contributed by atoms with E-state index in [9.17, 15) is 19.1 Å². The average Bonchev–Trinajstić information content (AvgIpc) is 2.38. The summed E-state index contributed by atoms with van der Waals surface area (Å²) in [7, 11) is 0. The Morgan fingerprint density at radius 1 is 1.20 bits per heavy atom. The van der Waals surface area contributed by atoms with E-state index < -0.39 is 23.3 Å². The molecule has 1 heterocycles. The van der Waals surface area contributed by atoms with Crippen molar-refractivity contribution >= 4 is 17.6 Å². The Balaban J connectivity index is 2.20. The van der Waals surface area contributed by atoms with Gasteiger partial charge in [0.1, 0.15) is 11.6 Å². The van der Waals surface area contributed by atoms with E-state index in [1.165, 1.54) is 18.3 Å². The van der Waals surface area contributed by atoms with Crippen LogP contribution in [0.1, 0.15) is 20.7 Å². The van der Waals surface area contributed by atoms with Crippen molar-refractivity contribution in [3.8, 4) is 5.75 Å². The normalized spacial score (nSPS) is 10.1. The van der Waals surface area contributed by atoms with Gasteiger partial charge in [-0.05, 0) is 24.3 Å². The van der Waals surface area contributed by atoms with Gasteiger partial charge >= 0.3 is 5.97 Å². The van der Waals surface area contributed by atoms with Crippen molar-refractivity contribution in [1.29, 1.82) is 0 Å². The number of aromatic nitrogens is 1. The third kappa shape index (κ3) is 2.89. The molecule has 0 saturated carbocycles. The second-order valence-corrected chi connectivity index (χ2v) is 3.89. The SMILES string of the molecule is O=C(Nc1ccc(C(=O)O)c(F)c1)c1cncc(O)c1. The fourth-order valence-electron chi connectivity index (χ4n) is 1.52. The second kappa shape index (κ2) is 5.35. The number of amides is 1. The zero-order chi connectivity index (χ0) is 14.7. The predicted octanol–water partition coefficient (Wildman–Crippen LogP) is 1.88. The summed E-state index contributed by atoms with van der Waals surface area (Å²) in [6, 6.07) is 4.41. The fourth-order valence-corrected chi connectivity index (χ4v) is 1.52. The topological polar surface area (TPSA) is 99.5 Å². The van der Waals surface area contributed by atoms with Crippen LogP contribution in [0.3, 0.4) is 0 Å². The van der Waals surface area contributed by atoms with Crippen LogP contribution in [0, 0.1) is 5.82 Å². The third-order valence-corrected chi connectivity index (χ3v) is 2.44. The number of aromatic carboxylic acids is 1. The molecule has 20 heavy (non-hydrogen) atoms. The van der Waals surface area contributed by atoms with Crippen LogP contribution in [0.5, 0.6) is 5.75 Å². The number of hydrogen-bond acceptors (Lipinski definition) is 4. The maximum Gasteiger partial charge on any atom is 0.338 e. The molecule has 0 fully saturated rings. The number of carbonyl (C=O) groups excluding carboxylic acids is 1. The van der Waals surface area contributed by atoms with Gasteiger partial charge in [0.25, 0.3) is 5.91 Å². The molecule has 2 rings (SSSR count). The first-order valence-corrected chi connectivity index (χ1v) is 5.45. The van der Waals surface area contributed by atoms with Gasteiger partial charge in [0.15, 0.2) is 0 Å². The summed E-state index contributed by atoms with van der Waals surface area (Å²) >= 11 is 0. The Morgan fingerprint density at radius 2 is 1.95 bits per heavy atom. The van der Waals surface area contributed by atoms with Gasteiger partial charge in [-0.1, -0.05) is 0 Å². The highest BCUT2D eigenvalue weighted by Crippen LogP contribution is 2.16. The molecule has 0 saturated heterocycles. The number of benzene rings is 1. The van der Waals surface area contributed by atoms with E-state index >= 15 is 0 Å². The average molecular weight is 276 g/mol. The zero-order valence-corrected chi connectivity index (χ0v) is 10.0. The Bertz CT molecular complexity index is 688. The van der Waals surface area contributed by atoms with E-state index in [1.54, 1.807) is 0 Å². The van der Waals surface area contributed by atoms with Crippen molar-refractivity contribution in [3.63, 3.8) is 0 Å². The Labute approximate surface area is 112 Å². The molecule has 0 aliphatic rings. The third-order valence-electron chi connectivity index (χ3n) is 2.44. The van der Waals surface area contributed by atoms with Crippen LogP contribution in [0.4, 0.5) is 10.1 Å². The predicted molar refractivity (Wildman–Crippen MR) is 67.2 cm³/mol. The summed E-state index contributed by atoms with van der Waals surface area (Å²) in [4.78, 5) is 26.1. The van der Waals surface area contributed by atoms with Crippen LogP contribution in [-0.2, 0) is 0 Å². The number of nitrogens with one attached hydrogen (secondary N) is 1. The Kier molecular flexibility index (Phi) is 3.60. The molecule has 6 nitrogen and oxygen atoms in total. The number of carbonyl (C=O) groups is 2. The second-order valence-electron chi connectivity index (χ2n) is 3.89. The summed E-state index contributed by atoms with van der Waals surface area (Å²) in [6.45, 7) is 0. The van der Waals surface area contributed by atoms with Gasteiger partial charge in [-0.25, -0.2) is 9.18 Å². The molecular formula is C13H9FN2O4. The van der Waals surface area contributed by atoms with Crippen LogP contribution in [0.15, 0.2) is 36.7 Å². The van der Waals surface area contributed by atoms with Crippen LogP contribution in [0.2, 0.25) is 0 Å². The summed E-state index contributed by atoms with van der Waals surface area (Å²) in [6.07, 6.45) is 2.40. The Hall–Kier alpha value is -2.96. The number of aromatic hydroxyl groups is 1. The standard InChI is InChI=1S/C13H9FN2O4/c14-11-4-8(1-2-10(11)13(19)20)16-12(18)7-3-9(17)6-15-5-7/h1-6,17H,(H,16,18)(H,19,20). The Morgan fingerprint density at radius 3 is 2.55 bits per heavy atom. The van der Waals surface area contributed by atoms with Crippen LogP contribution >= 0.6 is 0 Å². The largest absolute Gasteiger partial charge is 0.506 e. The molecular weight excluding hydrogens is 267 g/mol. The fraction of sp³-hybridized carbons (Fsp3) is 0. The first kappa shape index (κ1) is 13.5. The molecule has 1 aromatic heterocycles. The molecule has 0 radical (unpaired) electrons. The molecule has 0 bridgehead atoms. The van der Waals surface area contributed by atoms with E-state index in [0.717, 1.165) is 18.3 Å². The number of carboxylic acids is 1. The lowest BCUT2D eigenvalue weighted by Crippen LogP contribution is -2.12. The van der Waals surface area contributed by atoms with Crippen LogP contribution < -0.4 is 5.32 Å². The molecule has 0 atom stereocenters. The molecule has 1 amide bonds. The zero-order valence-electron chi connectivity index (χ0n) is 10.0. The molecule has 2 aromatic rings. The van der Waals surface area contributed by atoms with Gasteiger partial charge in [-0.2, -0.15) is 0 Å². The molecule has 0 aliphatic carbocycles. The molecule has 0 spiro atoms. The molecule has 3 N–H and O–H groups in total. The van der Waals surface area contributed by atoms with Gasteiger partial charge < -0.3 is 15.5 Å². The number of pyridine rings is 1. The van der Waals surface area contributed by atoms with Crippen molar-refractivity contribution in [2.24, 2.45) is 0 Å². The lowest BCUT2D eigenvalue weighted by Gasteiger charge is -2.06. The van der Waals surface area contributed by atoms with Crippen molar-refractivity contribution in [1.82, 2.24) is 4.98 Å². The van der Waals surface area contributed by atoms with Gasteiger partial charge in [0.05, 0.1) is 17.3 Å². The van der Waals surface area contributed by atoms with Gasteiger partial charge in [-0.3, -0.25) is 9.78 Å². The molecule has 0 unspecified atom stereocenters. The summed E-state index contributed by atoms with van der Waals surface area (Å²) in [5, 5.41) is 20.3.